The van der Waals surface area contributed by atoms with Crippen LogP contribution in [0.25, 0.3) is 0 Å². The molecule has 1 fully saturated rings. The molecule has 1 saturated heterocycles. The zero-order chi connectivity index (χ0) is 17.7. The van der Waals surface area contributed by atoms with Crippen LogP contribution in [0.4, 0.5) is 4.79 Å². The molecule has 0 spiro atoms. The first-order valence-electron chi connectivity index (χ1n) is 8.22. The van der Waals surface area contributed by atoms with Gasteiger partial charge in [0.05, 0.1) is 11.5 Å². The Labute approximate surface area is 144 Å². The van der Waals surface area contributed by atoms with Gasteiger partial charge in [0.15, 0.2) is 9.84 Å². The van der Waals surface area contributed by atoms with Gasteiger partial charge in [-0.05, 0) is 33.0 Å². The Hall–Kier alpha value is -1.60. The van der Waals surface area contributed by atoms with Gasteiger partial charge in [0.2, 0.25) is 0 Å². The second kappa shape index (κ2) is 7.98. The van der Waals surface area contributed by atoms with E-state index in [9.17, 15) is 13.2 Å². The van der Waals surface area contributed by atoms with Gasteiger partial charge in [-0.15, -0.1) is 0 Å². The molecule has 7 heteroatoms. The molecule has 2 amide bonds. The summed E-state index contributed by atoms with van der Waals surface area (Å²) in [6.45, 7) is 3.68. The molecule has 24 heavy (non-hydrogen) atoms. The van der Waals surface area contributed by atoms with E-state index >= 15 is 0 Å². The maximum absolute atomic E-state index is 12.6. The summed E-state index contributed by atoms with van der Waals surface area (Å²) in [6.07, 6.45) is 0.522. The highest BCUT2D eigenvalue weighted by Crippen LogP contribution is 2.18. The van der Waals surface area contributed by atoms with Crippen molar-refractivity contribution in [3.05, 3.63) is 35.4 Å². The maximum Gasteiger partial charge on any atom is 0.317 e. The maximum atomic E-state index is 12.6. The Morgan fingerprint density at radius 2 is 1.88 bits per heavy atom. The van der Waals surface area contributed by atoms with E-state index in [1.165, 1.54) is 5.56 Å². The molecule has 134 valence electrons. The van der Waals surface area contributed by atoms with Crippen molar-refractivity contribution < 1.29 is 13.2 Å². The lowest BCUT2D eigenvalue weighted by Gasteiger charge is -2.29. The molecule has 1 aromatic rings. The molecule has 1 aromatic carbocycles. The van der Waals surface area contributed by atoms with Gasteiger partial charge < -0.3 is 15.1 Å². The third-order valence-corrected chi connectivity index (χ3v) is 6.01. The molecule has 2 rings (SSSR count). The average molecular weight is 353 g/mol. The van der Waals surface area contributed by atoms with Gasteiger partial charge in [0, 0.05) is 25.7 Å². The van der Waals surface area contributed by atoms with Gasteiger partial charge in [0.25, 0.3) is 0 Å². The van der Waals surface area contributed by atoms with Crippen molar-refractivity contribution in [1.82, 2.24) is 15.1 Å². The van der Waals surface area contributed by atoms with Crippen molar-refractivity contribution in [3.8, 4) is 0 Å². The van der Waals surface area contributed by atoms with Gasteiger partial charge in [-0.2, -0.15) is 0 Å². The standard InChI is InChI=1S/C17H27N3O3S/c1-14-4-6-15(7-5-14)12-18-17(21)20(10-9-19(2)3)16-8-11-24(22,23)13-16/h4-7,16H,8-13H2,1-3H3,(H,18,21). The summed E-state index contributed by atoms with van der Waals surface area (Å²) in [4.78, 5) is 16.3. The molecule has 1 N–H and O–H groups in total. The van der Waals surface area contributed by atoms with Gasteiger partial charge in [-0.3, -0.25) is 0 Å². The molecule has 1 unspecified atom stereocenters. The Morgan fingerprint density at radius 3 is 2.42 bits per heavy atom. The van der Waals surface area contributed by atoms with Crippen molar-refractivity contribution in [2.24, 2.45) is 0 Å². The van der Waals surface area contributed by atoms with Crippen molar-refractivity contribution in [2.45, 2.75) is 25.9 Å². The number of likely N-dealkylation sites (N-methyl/N-ethyl adjacent to an activating group) is 1. The number of rotatable bonds is 6. The zero-order valence-corrected chi connectivity index (χ0v) is 15.5. The minimum Gasteiger partial charge on any atom is -0.334 e. The molecule has 1 atom stereocenters. The van der Waals surface area contributed by atoms with Gasteiger partial charge in [-0.1, -0.05) is 29.8 Å². The predicted octanol–water partition coefficient (Wildman–Crippen LogP) is 1.26. The first-order valence-corrected chi connectivity index (χ1v) is 10.0. The molecule has 6 nitrogen and oxygen atoms in total. The summed E-state index contributed by atoms with van der Waals surface area (Å²) in [5.74, 6) is 0.236. The fourth-order valence-electron chi connectivity index (χ4n) is 2.76. The lowest BCUT2D eigenvalue weighted by molar-refractivity contribution is 0.172. The third-order valence-electron chi connectivity index (χ3n) is 4.26. The highest BCUT2D eigenvalue weighted by molar-refractivity contribution is 7.91. The van der Waals surface area contributed by atoms with Crippen molar-refractivity contribution in [2.75, 3.05) is 38.7 Å². The Bertz CT molecular complexity index is 656. The van der Waals surface area contributed by atoms with Gasteiger partial charge in [-0.25, -0.2) is 13.2 Å². The SMILES string of the molecule is Cc1ccc(CNC(=O)N(CCN(C)C)C2CCS(=O)(=O)C2)cc1. The molecule has 1 heterocycles. The Morgan fingerprint density at radius 1 is 1.21 bits per heavy atom. The number of aryl methyl sites for hydroxylation is 1. The highest BCUT2D eigenvalue weighted by atomic mass is 32.2. The Kier molecular flexibility index (Phi) is 6.23. The van der Waals surface area contributed by atoms with E-state index in [4.69, 9.17) is 0 Å². The van der Waals surface area contributed by atoms with E-state index in [1.54, 1.807) is 4.90 Å². The van der Waals surface area contributed by atoms with E-state index in [-0.39, 0.29) is 23.6 Å². The molecular weight excluding hydrogens is 326 g/mol. The van der Waals surface area contributed by atoms with Crippen LogP contribution in [0.2, 0.25) is 0 Å². The summed E-state index contributed by atoms with van der Waals surface area (Å²) in [5, 5.41) is 2.92. The zero-order valence-electron chi connectivity index (χ0n) is 14.7. The molecule has 0 radical (unpaired) electrons. The van der Waals surface area contributed by atoms with Crippen LogP contribution in [0.3, 0.4) is 0 Å². The lowest BCUT2D eigenvalue weighted by Crippen LogP contribution is -2.49. The molecule has 0 aliphatic carbocycles. The van der Waals surface area contributed by atoms with E-state index < -0.39 is 9.84 Å². The number of hydrogen-bond acceptors (Lipinski definition) is 4. The fourth-order valence-corrected chi connectivity index (χ4v) is 4.49. The van der Waals surface area contributed by atoms with E-state index in [1.807, 2.05) is 50.2 Å². The van der Waals surface area contributed by atoms with Crippen LogP contribution in [0.5, 0.6) is 0 Å². The molecular formula is C17H27N3O3S. The molecule has 0 bridgehead atoms. The van der Waals surface area contributed by atoms with Crippen LogP contribution >= 0.6 is 0 Å². The monoisotopic (exact) mass is 353 g/mol. The quantitative estimate of drug-likeness (QED) is 0.836. The number of sulfone groups is 1. The molecule has 0 aromatic heterocycles. The van der Waals surface area contributed by atoms with Crippen molar-refractivity contribution in [3.63, 3.8) is 0 Å². The van der Waals surface area contributed by atoms with Crippen molar-refractivity contribution >= 4 is 15.9 Å². The number of nitrogens with zero attached hydrogens (tertiary/aromatic N) is 2. The minimum absolute atomic E-state index is 0.0678. The van der Waals surface area contributed by atoms with E-state index in [2.05, 4.69) is 5.32 Å². The second-order valence-electron chi connectivity index (χ2n) is 6.70. The number of urea groups is 1. The van der Waals surface area contributed by atoms with Crippen LogP contribution in [-0.4, -0.2) is 69.0 Å². The van der Waals surface area contributed by atoms with Crippen LogP contribution in [-0.2, 0) is 16.4 Å². The summed E-state index contributed by atoms with van der Waals surface area (Å²) >= 11 is 0. The number of carbonyl (C=O) groups is 1. The first kappa shape index (κ1) is 18.7. The lowest BCUT2D eigenvalue weighted by atomic mass is 10.1. The highest BCUT2D eigenvalue weighted by Gasteiger charge is 2.34. The second-order valence-corrected chi connectivity index (χ2v) is 8.93. The number of carbonyl (C=O) groups excluding carboxylic acids is 1. The van der Waals surface area contributed by atoms with E-state index in [0.717, 1.165) is 5.56 Å². The van der Waals surface area contributed by atoms with Crippen LogP contribution in [0.1, 0.15) is 17.5 Å². The van der Waals surface area contributed by atoms with Gasteiger partial charge >= 0.3 is 6.03 Å². The summed E-state index contributed by atoms with van der Waals surface area (Å²) < 4.78 is 23.5. The van der Waals surface area contributed by atoms with Crippen LogP contribution in [0, 0.1) is 6.92 Å². The number of amides is 2. The summed E-state index contributed by atoms with van der Waals surface area (Å²) in [7, 11) is 0.857. The first-order chi connectivity index (χ1) is 11.3. The third kappa shape index (κ3) is 5.49. The van der Waals surface area contributed by atoms with Crippen LogP contribution in [0.15, 0.2) is 24.3 Å². The minimum atomic E-state index is -3.02. The molecule has 0 saturated carbocycles. The molecule has 1 aliphatic heterocycles. The van der Waals surface area contributed by atoms with Crippen molar-refractivity contribution in [1.29, 1.82) is 0 Å². The van der Waals surface area contributed by atoms with E-state index in [0.29, 0.717) is 26.1 Å². The normalized spacial score (nSPS) is 19.4. The topological polar surface area (TPSA) is 69.7 Å². The summed E-state index contributed by atoms with van der Waals surface area (Å²) in [6, 6.07) is 7.57. The van der Waals surface area contributed by atoms with Crippen LogP contribution < -0.4 is 5.32 Å². The number of hydrogen-bond donors (Lipinski definition) is 1. The van der Waals surface area contributed by atoms with Gasteiger partial charge in [0.1, 0.15) is 0 Å². The number of benzene rings is 1. The summed E-state index contributed by atoms with van der Waals surface area (Å²) in [5.41, 5.74) is 2.20. The molecule has 1 aliphatic rings. The predicted molar refractivity (Wildman–Crippen MR) is 95.7 cm³/mol. The smallest absolute Gasteiger partial charge is 0.317 e. The average Bonchev–Trinajstić information content (AvgIpc) is 2.86. The fraction of sp³-hybridized carbons (Fsp3) is 0.588. The Balaban J connectivity index is 1.99. The number of nitrogens with one attached hydrogen (secondary N) is 1. The largest absolute Gasteiger partial charge is 0.334 e.